The van der Waals surface area contributed by atoms with Crippen molar-refractivity contribution in [2.45, 2.75) is 23.5 Å². The first-order valence-electron chi connectivity index (χ1n) is 7.55. The summed E-state index contributed by atoms with van der Waals surface area (Å²) in [4.78, 5) is 0.106. The third-order valence-electron chi connectivity index (χ3n) is 4.02. The minimum atomic E-state index is -4.54. The molecule has 1 unspecified atom stereocenters. The molecule has 0 amide bonds. The summed E-state index contributed by atoms with van der Waals surface area (Å²) in [7, 11) is -3.38. The SMILES string of the molecule is CS(=O)(=O)c1ccc(C2CC(C(F)(F)F)=NN2c2ccc(Cl)cc2)cc1. The molecule has 138 valence electrons. The van der Waals surface area contributed by atoms with Crippen LogP contribution < -0.4 is 5.01 Å². The molecule has 1 heterocycles. The molecule has 9 heteroatoms. The van der Waals surface area contributed by atoms with Gasteiger partial charge in [-0.3, -0.25) is 5.01 Å². The van der Waals surface area contributed by atoms with Crippen molar-refractivity contribution < 1.29 is 21.6 Å². The summed E-state index contributed by atoms with van der Waals surface area (Å²) >= 11 is 5.84. The molecule has 0 saturated carbocycles. The van der Waals surface area contributed by atoms with E-state index in [2.05, 4.69) is 5.10 Å². The predicted octanol–water partition coefficient (Wildman–Crippen LogP) is 4.61. The van der Waals surface area contributed by atoms with E-state index in [1.807, 2.05) is 0 Å². The third-order valence-corrected chi connectivity index (χ3v) is 5.40. The largest absolute Gasteiger partial charge is 0.431 e. The first-order valence-corrected chi connectivity index (χ1v) is 9.82. The standard InChI is InChI=1S/C17H14ClF3N2O2S/c1-26(24,25)14-8-2-11(3-9-14)15-10-16(17(19,20)21)22-23(15)13-6-4-12(18)5-7-13/h2-9,15H,10H2,1H3. The van der Waals surface area contributed by atoms with E-state index in [4.69, 9.17) is 11.6 Å². The van der Waals surface area contributed by atoms with Gasteiger partial charge in [-0.15, -0.1) is 0 Å². The summed E-state index contributed by atoms with van der Waals surface area (Å²) in [5, 5.41) is 5.50. The Balaban J connectivity index is 2.00. The molecule has 2 aromatic rings. The van der Waals surface area contributed by atoms with Gasteiger partial charge < -0.3 is 0 Å². The zero-order valence-electron chi connectivity index (χ0n) is 13.5. The van der Waals surface area contributed by atoms with Gasteiger partial charge in [0.05, 0.1) is 16.6 Å². The quantitative estimate of drug-likeness (QED) is 0.753. The van der Waals surface area contributed by atoms with Gasteiger partial charge in [-0.25, -0.2) is 8.42 Å². The van der Waals surface area contributed by atoms with Crippen LogP contribution >= 0.6 is 11.6 Å². The first kappa shape index (κ1) is 18.7. The fraction of sp³-hybridized carbons (Fsp3) is 0.235. The van der Waals surface area contributed by atoms with E-state index in [9.17, 15) is 21.6 Å². The number of halogens is 4. The smallest absolute Gasteiger partial charge is 0.257 e. The van der Waals surface area contributed by atoms with Crippen molar-refractivity contribution in [2.24, 2.45) is 5.10 Å². The van der Waals surface area contributed by atoms with E-state index < -0.39 is 27.8 Å². The zero-order chi connectivity index (χ0) is 19.1. The molecule has 1 aliphatic heterocycles. The van der Waals surface area contributed by atoms with Gasteiger partial charge in [0.1, 0.15) is 5.71 Å². The second kappa shape index (κ2) is 6.59. The highest BCUT2D eigenvalue weighted by atomic mass is 35.5. The molecular formula is C17H14ClF3N2O2S. The number of alkyl halides is 3. The molecule has 4 nitrogen and oxygen atoms in total. The van der Waals surface area contributed by atoms with E-state index in [0.29, 0.717) is 16.3 Å². The van der Waals surface area contributed by atoms with E-state index in [-0.39, 0.29) is 11.3 Å². The number of sulfone groups is 1. The van der Waals surface area contributed by atoms with Crippen molar-refractivity contribution in [1.82, 2.24) is 0 Å². The maximum Gasteiger partial charge on any atom is 0.431 e. The zero-order valence-corrected chi connectivity index (χ0v) is 15.1. The topological polar surface area (TPSA) is 49.7 Å². The predicted molar refractivity (Wildman–Crippen MR) is 94.3 cm³/mol. The summed E-state index contributed by atoms with van der Waals surface area (Å²) in [5.41, 5.74) is 0.117. The van der Waals surface area contributed by atoms with Crippen molar-refractivity contribution in [3.63, 3.8) is 0 Å². The molecule has 0 aromatic heterocycles. The molecule has 26 heavy (non-hydrogen) atoms. The molecule has 1 atom stereocenters. The van der Waals surface area contributed by atoms with Crippen molar-refractivity contribution in [3.8, 4) is 0 Å². The van der Waals surface area contributed by atoms with Gasteiger partial charge in [-0.05, 0) is 42.0 Å². The second-order valence-corrected chi connectivity index (χ2v) is 8.38. The Morgan fingerprint density at radius 1 is 1.08 bits per heavy atom. The molecule has 0 aliphatic carbocycles. The van der Waals surface area contributed by atoms with E-state index in [1.165, 1.54) is 29.3 Å². The molecule has 0 fully saturated rings. The van der Waals surface area contributed by atoms with Gasteiger partial charge in [-0.2, -0.15) is 18.3 Å². The Morgan fingerprint density at radius 3 is 2.15 bits per heavy atom. The van der Waals surface area contributed by atoms with Crippen LogP contribution in [0.2, 0.25) is 5.02 Å². The minimum absolute atomic E-state index is 0.106. The summed E-state index contributed by atoms with van der Waals surface area (Å²) in [6, 6.07) is 11.4. The van der Waals surface area contributed by atoms with Gasteiger partial charge in [0.15, 0.2) is 9.84 Å². The van der Waals surface area contributed by atoms with E-state index in [1.54, 1.807) is 24.3 Å². The van der Waals surface area contributed by atoms with Gasteiger partial charge in [0, 0.05) is 17.7 Å². The number of hydrazone groups is 1. The van der Waals surface area contributed by atoms with Crippen LogP contribution in [-0.2, 0) is 9.84 Å². The summed E-state index contributed by atoms with van der Waals surface area (Å²) in [6.45, 7) is 0. The molecule has 0 N–H and O–H groups in total. The van der Waals surface area contributed by atoms with Crippen LogP contribution in [0.15, 0.2) is 58.5 Å². The molecule has 2 aromatic carbocycles. The van der Waals surface area contributed by atoms with Gasteiger partial charge >= 0.3 is 6.18 Å². The van der Waals surface area contributed by atoms with Crippen molar-refractivity contribution >= 4 is 32.8 Å². The highest BCUT2D eigenvalue weighted by Gasteiger charge is 2.43. The number of hydrogen-bond acceptors (Lipinski definition) is 4. The molecular weight excluding hydrogens is 389 g/mol. The lowest BCUT2D eigenvalue weighted by Crippen LogP contribution is -2.21. The van der Waals surface area contributed by atoms with Crippen LogP contribution in [0.3, 0.4) is 0 Å². The van der Waals surface area contributed by atoms with Crippen LogP contribution in [0.4, 0.5) is 18.9 Å². The Bertz CT molecular complexity index is 939. The summed E-state index contributed by atoms with van der Waals surface area (Å²) in [5.74, 6) is 0. The van der Waals surface area contributed by atoms with Crippen LogP contribution in [0.1, 0.15) is 18.0 Å². The van der Waals surface area contributed by atoms with Gasteiger partial charge in [-0.1, -0.05) is 23.7 Å². The monoisotopic (exact) mass is 402 g/mol. The summed E-state index contributed by atoms with van der Waals surface area (Å²) < 4.78 is 62.6. The molecule has 1 aliphatic rings. The van der Waals surface area contributed by atoms with Crippen molar-refractivity contribution in [2.75, 3.05) is 11.3 Å². The Morgan fingerprint density at radius 2 is 1.65 bits per heavy atom. The number of benzene rings is 2. The molecule has 3 rings (SSSR count). The van der Waals surface area contributed by atoms with E-state index in [0.717, 1.165) is 6.26 Å². The Labute approximate surface area is 153 Å². The maximum atomic E-state index is 13.2. The van der Waals surface area contributed by atoms with Crippen LogP contribution in [0.5, 0.6) is 0 Å². The lowest BCUT2D eigenvalue weighted by atomic mass is 10.0. The van der Waals surface area contributed by atoms with Crippen LogP contribution in [-0.4, -0.2) is 26.6 Å². The fourth-order valence-corrected chi connectivity index (χ4v) is 3.47. The minimum Gasteiger partial charge on any atom is -0.257 e. The van der Waals surface area contributed by atoms with Crippen molar-refractivity contribution in [3.05, 3.63) is 59.1 Å². The number of nitrogens with zero attached hydrogens (tertiary/aromatic N) is 2. The van der Waals surface area contributed by atoms with Crippen LogP contribution in [0, 0.1) is 0 Å². The number of hydrogen-bond donors (Lipinski definition) is 0. The van der Waals surface area contributed by atoms with Gasteiger partial charge in [0.2, 0.25) is 0 Å². The van der Waals surface area contributed by atoms with E-state index >= 15 is 0 Å². The summed E-state index contributed by atoms with van der Waals surface area (Å²) in [6.07, 6.45) is -3.79. The lowest BCUT2D eigenvalue weighted by Gasteiger charge is -2.24. The van der Waals surface area contributed by atoms with Crippen molar-refractivity contribution in [1.29, 1.82) is 0 Å². The molecule has 0 radical (unpaired) electrons. The normalized spacial score (nSPS) is 18.1. The first-order chi connectivity index (χ1) is 12.1. The molecule has 0 spiro atoms. The second-order valence-electron chi connectivity index (χ2n) is 5.93. The fourth-order valence-electron chi connectivity index (χ4n) is 2.71. The number of rotatable bonds is 3. The maximum absolute atomic E-state index is 13.2. The molecule has 0 saturated heterocycles. The average Bonchev–Trinajstić information content (AvgIpc) is 3.00. The van der Waals surface area contributed by atoms with Crippen LogP contribution in [0.25, 0.3) is 0 Å². The third kappa shape index (κ3) is 3.86. The molecule has 0 bridgehead atoms. The lowest BCUT2D eigenvalue weighted by molar-refractivity contribution is -0.0600. The Kier molecular flexibility index (Phi) is 4.74. The van der Waals surface area contributed by atoms with Gasteiger partial charge in [0.25, 0.3) is 0 Å². The number of anilines is 1. The Hall–Kier alpha value is -2.06. The highest BCUT2D eigenvalue weighted by Crippen LogP contribution is 2.39. The highest BCUT2D eigenvalue weighted by molar-refractivity contribution is 7.90. The average molecular weight is 403 g/mol.